The highest BCUT2D eigenvalue weighted by Crippen LogP contribution is 2.20. The maximum Gasteiger partial charge on any atom is 0.0235 e. The fraction of sp³-hybridized carbons (Fsp3) is 1.00. The van der Waals surface area contributed by atoms with Crippen LogP contribution in [0.15, 0.2) is 0 Å². The summed E-state index contributed by atoms with van der Waals surface area (Å²) in [5.41, 5.74) is 0. The lowest BCUT2D eigenvalue weighted by atomic mass is 10.1. The van der Waals surface area contributed by atoms with Gasteiger partial charge in [0.15, 0.2) is 0 Å². The van der Waals surface area contributed by atoms with Crippen molar-refractivity contribution in [1.29, 1.82) is 0 Å². The summed E-state index contributed by atoms with van der Waals surface area (Å²) in [4.78, 5) is 5.44. The maximum absolute atomic E-state index is 3.50. The van der Waals surface area contributed by atoms with E-state index in [9.17, 15) is 0 Å². The van der Waals surface area contributed by atoms with Gasteiger partial charge >= 0.3 is 0 Å². The number of alkyl halides is 1. The summed E-state index contributed by atoms with van der Waals surface area (Å²) < 4.78 is 0. The molecule has 1 unspecified atom stereocenters. The Morgan fingerprint density at radius 1 is 0.941 bits per heavy atom. The molecular weight excluding hydrogens is 276 g/mol. The van der Waals surface area contributed by atoms with Crippen LogP contribution in [0.5, 0.6) is 0 Å². The van der Waals surface area contributed by atoms with Gasteiger partial charge in [0.25, 0.3) is 0 Å². The lowest BCUT2D eigenvalue weighted by molar-refractivity contribution is 0.162. The molecule has 2 rings (SSSR count). The van der Waals surface area contributed by atoms with Crippen LogP contribution >= 0.6 is 15.9 Å². The quantitative estimate of drug-likeness (QED) is 0.549. The van der Waals surface area contributed by atoms with Crippen LogP contribution in [0.4, 0.5) is 0 Å². The van der Waals surface area contributed by atoms with Gasteiger partial charge in [0.05, 0.1) is 0 Å². The van der Waals surface area contributed by atoms with E-state index in [1.165, 1.54) is 83.0 Å². The molecule has 0 bridgehead atoms. The molecule has 2 aliphatic rings. The molecule has 0 amide bonds. The summed E-state index contributed by atoms with van der Waals surface area (Å²) in [6.07, 6.45) is 9.85. The van der Waals surface area contributed by atoms with Crippen molar-refractivity contribution in [2.24, 2.45) is 0 Å². The molecule has 2 aliphatic heterocycles. The van der Waals surface area contributed by atoms with Gasteiger partial charge in [0, 0.05) is 17.9 Å². The van der Waals surface area contributed by atoms with E-state index in [2.05, 4.69) is 25.7 Å². The number of likely N-dealkylation sites (tertiary alicyclic amines) is 2. The van der Waals surface area contributed by atoms with E-state index in [1.54, 1.807) is 0 Å². The molecular formula is C14H27BrN2. The number of rotatable bonds is 6. The van der Waals surface area contributed by atoms with Gasteiger partial charge in [-0.15, -0.1) is 0 Å². The molecule has 2 saturated heterocycles. The van der Waals surface area contributed by atoms with Crippen LogP contribution in [0.1, 0.15) is 44.9 Å². The normalized spacial score (nSPS) is 27.7. The molecule has 3 heteroatoms. The molecule has 2 nitrogen and oxygen atoms in total. The van der Waals surface area contributed by atoms with Crippen molar-refractivity contribution >= 4 is 15.9 Å². The van der Waals surface area contributed by atoms with Gasteiger partial charge in [-0.25, -0.2) is 0 Å². The van der Waals surface area contributed by atoms with E-state index in [1.807, 2.05) is 0 Å². The van der Waals surface area contributed by atoms with E-state index in [0.717, 1.165) is 6.04 Å². The number of hydrogen-bond donors (Lipinski definition) is 0. The van der Waals surface area contributed by atoms with Crippen molar-refractivity contribution < 1.29 is 0 Å². The third-order valence-electron chi connectivity index (χ3n) is 4.26. The van der Waals surface area contributed by atoms with Crippen molar-refractivity contribution in [3.05, 3.63) is 0 Å². The lowest BCUT2D eigenvalue weighted by Gasteiger charge is -2.32. The lowest BCUT2D eigenvalue weighted by Crippen LogP contribution is -2.40. The molecule has 2 fully saturated rings. The van der Waals surface area contributed by atoms with Gasteiger partial charge in [-0.3, -0.25) is 4.90 Å². The number of nitrogens with zero attached hydrogens (tertiary/aromatic N) is 2. The Hall–Kier alpha value is 0.400. The minimum atomic E-state index is 0.881. The second-order valence-corrected chi connectivity index (χ2v) is 6.38. The van der Waals surface area contributed by atoms with Crippen molar-refractivity contribution in [3.8, 4) is 0 Å². The first-order valence-electron chi connectivity index (χ1n) is 7.42. The monoisotopic (exact) mass is 302 g/mol. The van der Waals surface area contributed by atoms with Crippen LogP contribution in [0, 0.1) is 0 Å². The fourth-order valence-corrected chi connectivity index (χ4v) is 3.60. The molecule has 0 N–H and O–H groups in total. The maximum atomic E-state index is 3.50. The van der Waals surface area contributed by atoms with Crippen LogP contribution in [0.25, 0.3) is 0 Å². The predicted molar refractivity (Wildman–Crippen MR) is 77.9 cm³/mol. The average Bonchev–Trinajstić information content (AvgIpc) is 2.85. The highest BCUT2D eigenvalue weighted by atomic mass is 79.9. The molecule has 0 aromatic carbocycles. The minimum Gasteiger partial charge on any atom is -0.302 e. The smallest absolute Gasteiger partial charge is 0.0235 e. The Morgan fingerprint density at radius 2 is 1.76 bits per heavy atom. The summed E-state index contributed by atoms with van der Waals surface area (Å²) in [5, 5.41) is 1.17. The highest BCUT2D eigenvalue weighted by Gasteiger charge is 2.27. The Kier molecular flexibility index (Phi) is 6.30. The number of unbranched alkanes of at least 4 members (excludes halogenated alkanes) is 2. The molecule has 0 spiro atoms. The Bertz CT molecular complexity index is 204. The van der Waals surface area contributed by atoms with Crippen molar-refractivity contribution in [3.63, 3.8) is 0 Å². The van der Waals surface area contributed by atoms with Gasteiger partial charge in [-0.2, -0.15) is 0 Å². The number of hydrogen-bond acceptors (Lipinski definition) is 2. The highest BCUT2D eigenvalue weighted by molar-refractivity contribution is 9.09. The summed E-state index contributed by atoms with van der Waals surface area (Å²) in [7, 11) is 0. The molecule has 100 valence electrons. The summed E-state index contributed by atoms with van der Waals surface area (Å²) in [6, 6.07) is 0.881. The molecule has 17 heavy (non-hydrogen) atoms. The number of piperidine rings is 1. The van der Waals surface area contributed by atoms with Crippen LogP contribution in [-0.4, -0.2) is 53.9 Å². The Labute approximate surface area is 115 Å². The molecule has 0 radical (unpaired) electrons. The summed E-state index contributed by atoms with van der Waals surface area (Å²) in [5.74, 6) is 0. The van der Waals surface area contributed by atoms with E-state index in [4.69, 9.17) is 0 Å². The third-order valence-corrected chi connectivity index (χ3v) is 4.82. The average molecular weight is 303 g/mol. The zero-order valence-corrected chi connectivity index (χ0v) is 12.6. The van der Waals surface area contributed by atoms with Crippen molar-refractivity contribution in [2.45, 2.75) is 51.0 Å². The van der Waals surface area contributed by atoms with Crippen LogP contribution in [-0.2, 0) is 0 Å². The molecule has 1 atom stereocenters. The summed E-state index contributed by atoms with van der Waals surface area (Å²) >= 11 is 3.50. The molecule has 0 aromatic rings. The second kappa shape index (κ2) is 7.75. The largest absolute Gasteiger partial charge is 0.302 e. The van der Waals surface area contributed by atoms with Gasteiger partial charge in [-0.1, -0.05) is 28.8 Å². The predicted octanol–water partition coefficient (Wildman–Crippen LogP) is 3.11. The van der Waals surface area contributed by atoms with E-state index in [0.29, 0.717) is 0 Å². The standard InChI is InChI=1S/C14H27BrN2/c15-8-3-1-4-9-16-12-7-14(13-16)17-10-5-2-6-11-17/h14H,1-13H2. The molecule has 0 aromatic heterocycles. The Morgan fingerprint density at radius 3 is 2.53 bits per heavy atom. The van der Waals surface area contributed by atoms with Crippen LogP contribution in [0.2, 0.25) is 0 Å². The van der Waals surface area contributed by atoms with Gasteiger partial charge < -0.3 is 4.90 Å². The molecule has 2 heterocycles. The first-order valence-corrected chi connectivity index (χ1v) is 8.54. The van der Waals surface area contributed by atoms with Crippen LogP contribution < -0.4 is 0 Å². The van der Waals surface area contributed by atoms with E-state index >= 15 is 0 Å². The number of halogens is 1. The van der Waals surface area contributed by atoms with E-state index in [-0.39, 0.29) is 0 Å². The van der Waals surface area contributed by atoms with Gasteiger partial charge in [0.1, 0.15) is 0 Å². The second-order valence-electron chi connectivity index (χ2n) is 5.59. The molecule has 0 saturated carbocycles. The first-order chi connectivity index (χ1) is 8.40. The topological polar surface area (TPSA) is 6.48 Å². The zero-order chi connectivity index (χ0) is 11.9. The molecule has 0 aliphatic carbocycles. The van der Waals surface area contributed by atoms with Gasteiger partial charge in [-0.05, 0) is 58.3 Å². The third kappa shape index (κ3) is 4.53. The van der Waals surface area contributed by atoms with Crippen LogP contribution in [0.3, 0.4) is 0 Å². The minimum absolute atomic E-state index is 0.881. The van der Waals surface area contributed by atoms with Crippen molar-refractivity contribution in [1.82, 2.24) is 9.80 Å². The zero-order valence-electron chi connectivity index (χ0n) is 11.0. The summed E-state index contributed by atoms with van der Waals surface area (Å²) in [6.45, 7) is 6.74. The fourth-order valence-electron chi connectivity index (χ4n) is 3.20. The van der Waals surface area contributed by atoms with E-state index < -0.39 is 0 Å². The Balaban J connectivity index is 1.61. The SMILES string of the molecule is BrCCCCCN1CCC(N2CCCCC2)C1. The first kappa shape index (κ1) is 13.8. The van der Waals surface area contributed by atoms with Gasteiger partial charge in [0.2, 0.25) is 0 Å². The van der Waals surface area contributed by atoms with Crippen molar-refractivity contribution in [2.75, 3.05) is 38.1 Å².